The number of nitrogens with one attached hydrogen (secondary N) is 1. The van der Waals surface area contributed by atoms with Crippen LogP contribution in [0.3, 0.4) is 0 Å². The van der Waals surface area contributed by atoms with Gasteiger partial charge in [-0.2, -0.15) is 0 Å². The van der Waals surface area contributed by atoms with Gasteiger partial charge in [0.2, 0.25) is 11.8 Å². The Morgan fingerprint density at radius 1 is 1.29 bits per heavy atom. The van der Waals surface area contributed by atoms with Gasteiger partial charge in [-0.05, 0) is 18.6 Å². The molecular formula is C15H20Cl2N2O2. The van der Waals surface area contributed by atoms with E-state index in [0.29, 0.717) is 35.2 Å². The van der Waals surface area contributed by atoms with Crippen LogP contribution in [-0.2, 0) is 9.59 Å². The molecule has 0 radical (unpaired) electrons. The second kappa shape index (κ2) is 8.90. The van der Waals surface area contributed by atoms with Gasteiger partial charge < -0.3 is 10.2 Å². The molecule has 0 fully saturated rings. The summed E-state index contributed by atoms with van der Waals surface area (Å²) in [5.74, 6) is -0.153. The van der Waals surface area contributed by atoms with Gasteiger partial charge in [0.1, 0.15) is 0 Å². The number of carbonyl (C=O) groups is 2. The Kier molecular flexibility index (Phi) is 7.54. The van der Waals surface area contributed by atoms with E-state index in [1.54, 1.807) is 18.2 Å². The molecule has 0 aliphatic carbocycles. The zero-order valence-corrected chi connectivity index (χ0v) is 13.8. The van der Waals surface area contributed by atoms with Crippen molar-refractivity contribution < 1.29 is 9.59 Å². The second-order valence-electron chi connectivity index (χ2n) is 4.70. The van der Waals surface area contributed by atoms with Gasteiger partial charge >= 0.3 is 0 Å². The molecular weight excluding hydrogens is 311 g/mol. The topological polar surface area (TPSA) is 49.4 Å². The van der Waals surface area contributed by atoms with E-state index in [1.165, 1.54) is 11.8 Å². The van der Waals surface area contributed by atoms with Gasteiger partial charge in [-0.25, -0.2) is 0 Å². The first-order valence-corrected chi connectivity index (χ1v) is 7.71. The average Bonchev–Trinajstić information content (AvgIpc) is 2.44. The lowest BCUT2D eigenvalue weighted by atomic mass is 10.2. The van der Waals surface area contributed by atoms with E-state index < -0.39 is 0 Å². The van der Waals surface area contributed by atoms with Gasteiger partial charge in [0.15, 0.2) is 0 Å². The number of rotatable bonds is 7. The highest BCUT2D eigenvalue weighted by atomic mass is 35.5. The third kappa shape index (κ3) is 5.56. The molecule has 0 aliphatic heterocycles. The summed E-state index contributed by atoms with van der Waals surface area (Å²) in [5, 5.41) is 3.53. The maximum atomic E-state index is 11.8. The Morgan fingerprint density at radius 2 is 2.00 bits per heavy atom. The van der Waals surface area contributed by atoms with E-state index in [0.717, 1.165) is 12.8 Å². The second-order valence-corrected chi connectivity index (χ2v) is 5.48. The minimum atomic E-state index is -0.151. The largest absolute Gasteiger partial charge is 0.354 e. The fourth-order valence-electron chi connectivity index (χ4n) is 1.88. The van der Waals surface area contributed by atoms with Gasteiger partial charge in [-0.15, -0.1) is 0 Å². The maximum absolute atomic E-state index is 11.8. The fourth-order valence-corrected chi connectivity index (χ4v) is 2.28. The number of anilines is 1. The van der Waals surface area contributed by atoms with Gasteiger partial charge in [0.25, 0.3) is 0 Å². The van der Waals surface area contributed by atoms with Gasteiger partial charge in [0, 0.05) is 26.4 Å². The lowest BCUT2D eigenvalue weighted by Gasteiger charge is -2.23. The monoisotopic (exact) mass is 330 g/mol. The molecule has 1 aromatic carbocycles. The lowest BCUT2D eigenvalue weighted by Crippen LogP contribution is -2.37. The minimum Gasteiger partial charge on any atom is -0.354 e. The standard InChI is InChI=1S/C15H20Cl2N2O2/c1-3-4-8-14(21)18-9-10-19(11(2)20)13-7-5-6-12(16)15(13)17/h5-7H,3-4,8-10H2,1-2H3,(H,18,21). The first-order valence-electron chi connectivity index (χ1n) is 6.96. The number of benzene rings is 1. The van der Waals surface area contributed by atoms with Crippen molar-refractivity contribution in [2.24, 2.45) is 0 Å². The molecule has 0 unspecified atom stereocenters. The molecule has 116 valence electrons. The van der Waals surface area contributed by atoms with E-state index in [2.05, 4.69) is 5.32 Å². The van der Waals surface area contributed by atoms with Crippen LogP contribution in [0.2, 0.25) is 10.0 Å². The molecule has 0 atom stereocenters. The quantitative estimate of drug-likeness (QED) is 0.829. The molecule has 0 aliphatic rings. The summed E-state index contributed by atoms with van der Waals surface area (Å²) in [6.45, 7) is 4.22. The summed E-state index contributed by atoms with van der Waals surface area (Å²) < 4.78 is 0. The number of unbranched alkanes of at least 4 members (excludes halogenated alkanes) is 1. The van der Waals surface area contributed by atoms with Gasteiger partial charge in [0.05, 0.1) is 15.7 Å². The first kappa shape index (κ1) is 17.8. The number of hydrogen-bond donors (Lipinski definition) is 1. The SMILES string of the molecule is CCCCC(=O)NCCN(C(C)=O)c1cccc(Cl)c1Cl. The van der Waals surface area contributed by atoms with Crippen LogP contribution in [0, 0.1) is 0 Å². The van der Waals surface area contributed by atoms with Crippen LogP contribution >= 0.6 is 23.2 Å². The van der Waals surface area contributed by atoms with Crippen LogP contribution in [-0.4, -0.2) is 24.9 Å². The average molecular weight is 331 g/mol. The predicted molar refractivity (Wildman–Crippen MR) is 87.0 cm³/mol. The van der Waals surface area contributed by atoms with Crippen molar-refractivity contribution in [1.82, 2.24) is 5.32 Å². The molecule has 0 bridgehead atoms. The highest BCUT2D eigenvalue weighted by molar-refractivity contribution is 6.44. The van der Waals surface area contributed by atoms with Gasteiger partial charge in [-0.3, -0.25) is 9.59 Å². The van der Waals surface area contributed by atoms with Crippen LogP contribution in [0.5, 0.6) is 0 Å². The highest BCUT2D eigenvalue weighted by Gasteiger charge is 2.16. The van der Waals surface area contributed by atoms with Crippen molar-refractivity contribution in [2.75, 3.05) is 18.0 Å². The van der Waals surface area contributed by atoms with Crippen molar-refractivity contribution in [2.45, 2.75) is 33.1 Å². The number of nitrogens with zero attached hydrogens (tertiary/aromatic N) is 1. The zero-order valence-electron chi connectivity index (χ0n) is 12.3. The molecule has 21 heavy (non-hydrogen) atoms. The van der Waals surface area contributed by atoms with E-state index in [-0.39, 0.29) is 11.8 Å². The summed E-state index contributed by atoms with van der Waals surface area (Å²) in [6.07, 6.45) is 2.35. The van der Waals surface area contributed by atoms with Crippen LogP contribution in [0.4, 0.5) is 5.69 Å². The van der Waals surface area contributed by atoms with Crippen molar-refractivity contribution in [3.05, 3.63) is 28.2 Å². The molecule has 1 aromatic rings. The molecule has 1 N–H and O–H groups in total. The molecule has 6 heteroatoms. The molecule has 2 amide bonds. The Balaban J connectivity index is 2.65. The normalized spacial score (nSPS) is 10.3. The molecule has 0 heterocycles. The number of carbonyl (C=O) groups excluding carboxylic acids is 2. The summed E-state index contributed by atoms with van der Waals surface area (Å²) in [4.78, 5) is 24.8. The molecule has 0 aromatic heterocycles. The minimum absolute atomic E-state index is 0.00227. The molecule has 0 spiro atoms. The van der Waals surface area contributed by atoms with Crippen LogP contribution in [0.25, 0.3) is 0 Å². The van der Waals surface area contributed by atoms with Crippen LogP contribution < -0.4 is 10.2 Å². The number of amides is 2. The summed E-state index contributed by atoms with van der Waals surface area (Å²) in [5.41, 5.74) is 0.555. The molecule has 0 saturated carbocycles. The summed E-state index contributed by atoms with van der Waals surface area (Å²) in [6, 6.07) is 5.13. The van der Waals surface area contributed by atoms with Crippen molar-refractivity contribution in [3.8, 4) is 0 Å². The Bertz CT molecular complexity index is 506. The summed E-state index contributed by atoms with van der Waals surface area (Å²) in [7, 11) is 0. The Labute approximate surface area is 135 Å². The van der Waals surface area contributed by atoms with E-state index in [1.807, 2.05) is 6.92 Å². The molecule has 1 rings (SSSR count). The first-order chi connectivity index (χ1) is 9.97. The maximum Gasteiger partial charge on any atom is 0.223 e. The van der Waals surface area contributed by atoms with Gasteiger partial charge in [-0.1, -0.05) is 42.6 Å². The zero-order chi connectivity index (χ0) is 15.8. The third-order valence-corrected chi connectivity index (χ3v) is 3.83. The Hall–Kier alpha value is -1.26. The molecule has 4 nitrogen and oxygen atoms in total. The smallest absolute Gasteiger partial charge is 0.223 e. The molecule has 0 saturated heterocycles. The van der Waals surface area contributed by atoms with Crippen molar-refractivity contribution in [3.63, 3.8) is 0 Å². The van der Waals surface area contributed by atoms with Crippen molar-refractivity contribution in [1.29, 1.82) is 0 Å². The fraction of sp³-hybridized carbons (Fsp3) is 0.467. The van der Waals surface area contributed by atoms with E-state index in [9.17, 15) is 9.59 Å². The van der Waals surface area contributed by atoms with E-state index in [4.69, 9.17) is 23.2 Å². The summed E-state index contributed by atoms with van der Waals surface area (Å²) >= 11 is 12.1. The lowest BCUT2D eigenvalue weighted by molar-refractivity contribution is -0.121. The van der Waals surface area contributed by atoms with E-state index >= 15 is 0 Å². The van der Waals surface area contributed by atoms with Crippen molar-refractivity contribution >= 4 is 40.7 Å². The predicted octanol–water partition coefficient (Wildman–Crippen LogP) is 3.65. The van der Waals surface area contributed by atoms with Crippen LogP contribution in [0.15, 0.2) is 18.2 Å². The number of halogens is 2. The number of hydrogen-bond acceptors (Lipinski definition) is 2. The Morgan fingerprint density at radius 3 is 2.62 bits per heavy atom. The van der Waals surface area contributed by atoms with Crippen LogP contribution in [0.1, 0.15) is 33.1 Å². The third-order valence-electron chi connectivity index (χ3n) is 3.02. The highest BCUT2D eigenvalue weighted by Crippen LogP contribution is 2.32.